The van der Waals surface area contributed by atoms with Crippen molar-refractivity contribution in [3.8, 4) is 17.1 Å². The van der Waals surface area contributed by atoms with E-state index >= 15 is 0 Å². The first-order valence-electron chi connectivity index (χ1n) is 11.1. The lowest BCUT2D eigenvalue weighted by atomic mass is 9.87. The quantitative estimate of drug-likeness (QED) is 0.504. The van der Waals surface area contributed by atoms with Gasteiger partial charge in [-0.25, -0.2) is 14.3 Å². The molecule has 0 radical (unpaired) electrons. The van der Waals surface area contributed by atoms with E-state index in [4.69, 9.17) is 14.5 Å². The molecule has 0 N–H and O–H groups in total. The zero-order valence-corrected chi connectivity index (χ0v) is 19.4. The number of esters is 1. The van der Waals surface area contributed by atoms with Gasteiger partial charge in [0.25, 0.3) is 0 Å². The van der Waals surface area contributed by atoms with Crippen molar-refractivity contribution in [1.29, 1.82) is 0 Å². The van der Waals surface area contributed by atoms with Gasteiger partial charge in [-0.15, -0.1) is 10.2 Å². The minimum absolute atomic E-state index is 0.0278. The van der Waals surface area contributed by atoms with Crippen LogP contribution in [-0.2, 0) is 23.1 Å². The van der Waals surface area contributed by atoms with Crippen LogP contribution in [0.25, 0.3) is 17.5 Å². The zero-order chi connectivity index (χ0) is 23.4. The summed E-state index contributed by atoms with van der Waals surface area (Å²) in [7, 11) is 3.28. The summed E-state index contributed by atoms with van der Waals surface area (Å²) in [6.45, 7) is 4.32. The summed E-state index contributed by atoms with van der Waals surface area (Å²) in [6, 6.07) is 3.81. The number of aryl methyl sites for hydroxylation is 2. The number of nitrogens with zero attached hydrogens (tertiary/aromatic N) is 7. The summed E-state index contributed by atoms with van der Waals surface area (Å²) in [5, 5.41) is 16.8. The van der Waals surface area contributed by atoms with Gasteiger partial charge in [-0.2, -0.15) is 0 Å². The van der Waals surface area contributed by atoms with Gasteiger partial charge in [-0.05, 0) is 57.7 Å². The van der Waals surface area contributed by atoms with Crippen LogP contribution in [-0.4, -0.2) is 54.2 Å². The molecule has 1 aliphatic rings. The van der Waals surface area contributed by atoms with Gasteiger partial charge in [0, 0.05) is 7.05 Å². The monoisotopic (exact) mass is 451 g/mol. The third-order valence-corrected chi connectivity index (χ3v) is 5.88. The second-order valence-electron chi connectivity index (χ2n) is 8.26. The average molecular weight is 452 g/mol. The third kappa shape index (κ3) is 5.10. The molecule has 174 valence electrons. The van der Waals surface area contributed by atoms with Crippen LogP contribution in [0.4, 0.5) is 0 Å². The highest BCUT2D eigenvalue weighted by Gasteiger charge is 2.29. The van der Waals surface area contributed by atoms with Crippen LogP contribution in [0.2, 0.25) is 0 Å². The number of methoxy groups -OCH3 is 1. The SMILES string of the molecule is C/C=C/c1cn(Cc2c(-c3ccc(O[C@H]4CCC[C@H](C(=O)OC)C4)c(C)n3)nnn2C)nn1. The minimum Gasteiger partial charge on any atom is -0.489 e. The van der Waals surface area contributed by atoms with Crippen LogP contribution in [0.15, 0.2) is 24.4 Å². The summed E-state index contributed by atoms with van der Waals surface area (Å²) in [6.07, 6.45) is 9.03. The van der Waals surface area contributed by atoms with Crippen molar-refractivity contribution < 1.29 is 14.3 Å². The fraction of sp³-hybridized carbons (Fsp3) is 0.478. The minimum atomic E-state index is -0.158. The van der Waals surface area contributed by atoms with E-state index in [1.807, 2.05) is 51.4 Å². The number of ether oxygens (including phenoxy) is 2. The molecular weight excluding hydrogens is 422 g/mol. The standard InChI is InChI=1S/C23H29N7O3/c1-5-7-17-13-30(28-25-17)14-20-22(26-27-29(20)3)19-10-11-21(15(2)24-19)33-18-9-6-8-16(12-18)23(31)32-4/h5,7,10-11,13,16,18H,6,8-9,12,14H2,1-4H3/b7-5+/t16-,18-/m0/s1. The van der Waals surface area contributed by atoms with E-state index in [0.717, 1.165) is 36.3 Å². The number of rotatable bonds is 7. The van der Waals surface area contributed by atoms with E-state index in [0.29, 0.717) is 30.1 Å². The maximum Gasteiger partial charge on any atom is 0.308 e. The number of carbonyl (C=O) groups excluding carboxylic acids is 1. The Kier molecular flexibility index (Phi) is 6.81. The number of carbonyl (C=O) groups is 1. The fourth-order valence-corrected chi connectivity index (χ4v) is 4.16. The largest absolute Gasteiger partial charge is 0.489 e. The molecule has 3 aromatic rings. The van der Waals surface area contributed by atoms with Gasteiger partial charge >= 0.3 is 5.97 Å². The molecule has 1 fully saturated rings. The number of pyridine rings is 1. The Hall–Kier alpha value is -3.56. The predicted molar refractivity (Wildman–Crippen MR) is 121 cm³/mol. The lowest BCUT2D eigenvalue weighted by Crippen LogP contribution is -2.30. The number of hydrogen-bond donors (Lipinski definition) is 0. The number of hydrogen-bond acceptors (Lipinski definition) is 8. The molecule has 3 aromatic heterocycles. The Bertz CT molecular complexity index is 1150. The van der Waals surface area contributed by atoms with Gasteiger partial charge in [0.05, 0.1) is 49.0 Å². The Morgan fingerprint density at radius 2 is 2.09 bits per heavy atom. The molecule has 3 heterocycles. The van der Waals surface area contributed by atoms with Gasteiger partial charge in [-0.1, -0.05) is 16.5 Å². The highest BCUT2D eigenvalue weighted by atomic mass is 16.5. The maximum atomic E-state index is 11.9. The Morgan fingerprint density at radius 3 is 2.85 bits per heavy atom. The first-order valence-corrected chi connectivity index (χ1v) is 11.1. The molecule has 0 aliphatic heterocycles. The van der Waals surface area contributed by atoms with Crippen molar-refractivity contribution in [3.63, 3.8) is 0 Å². The molecular formula is C23H29N7O3. The zero-order valence-electron chi connectivity index (χ0n) is 19.4. The molecule has 0 bridgehead atoms. The molecule has 10 heteroatoms. The van der Waals surface area contributed by atoms with Gasteiger partial charge in [0.15, 0.2) is 0 Å². The summed E-state index contributed by atoms with van der Waals surface area (Å²) >= 11 is 0. The molecule has 1 saturated carbocycles. The first kappa shape index (κ1) is 22.6. The van der Waals surface area contributed by atoms with E-state index < -0.39 is 0 Å². The Balaban J connectivity index is 1.51. The third-order valence-electron chi connectivity index (χ3n) is 5.88. The fourth-order valence-electron chi connectivity index (χ4n) is 4.16. The second kappa shape index (κ2) is 9.93. The lowest BCUT2D eigenvalue weighted by molar-refractivity contribution is -0.147. The molecule has 0 aromatic carbocycles. The molecule has 0 amide bonds. The van der Waals surface area contributed by atoms with Gasteiger partial charge in [0.2, 0.25) is 0 Å². The maximum absolute atomic E-state index is 11.9. The summed E-state index contributed by atoms with van der Waals surface area (Å²) in [4.78, 5) is 16.7. The van der Waals surface area contributed by atoms with E-state index in [1.165, 1.54) is 7.11 Å². The van der Waals surface area contributed by atoms with Crippen molar-refractivity contribution in [1.82, 2.24) is 35.0 Å². The van der Waals surface area contributed by atoms with Gasteiger partial charge in [0.1, 0.15) is 17.1 Å². The van der Waals surface area contributed by atoms with Gasteiger partial charge in [-0.3, -0.25) is 4.79 Å². The number of aromatic nitrogens is 7. The average Bonchev–Trinajstić information content (AvgIpc) is 3.42. The number of allylic oxidation sites excluding steroid dienone is 1. The van der Waals surface area contributed by atoms with Crippen molar-refractivity contribution in [2.75, 3.05) is 7.11 Å². The molecule has 0 saturated heterocycles. The van der Waals surface area contributed by atoms with Crippen molar-refractivity contribution in [2.24, 2.45) is 13.0 Å². The van der Waals surface area contributed by atoms with Crippen LogP contribution in [0.3, 0.4) is 0 Å². The summed E-state index contributed by atoms with van der Waals surface area (Å²) in [5.74, 6) is 0.453. The molecule has 4 rings (SSSR count). The molecule has 0 unspecified atom stereocenters. The van der Waals surface area contributed by atoms with E-state index in [1.54, 1.807) is 9.36 Å². The summed E-state index contributed by atoms with van der Waals surface area (Å²) in [5.41, 5.74) is 3.84. The highest BCUT2D eigenvalue weighted by Crippen LogP contribution is 2.31. The van der Waals surface area contributed by atoms with Crippen LogP contribution < -0.4 is 4.74 Å². The van der Waals surface area contributed by atoms with Crippen LogP contribution in [0.5, 0.6) is 5.75 Å². The highest BCUT2D eigenvalue weighted by molar-refractivity contribution is 5.72. The molecule has 33 heavy (non-hydrogen) atoms. The lowest BCUT2D eigenvalue weighted by Gasteiger charge is -2.28. The van der Waals surface area contributed by atoms with Crippen LogP contribution >= 0.6 is 0 Å². The summed E-state index contributed by atoms with van der Waals surface area (Å²) < 4.78 is 14.6. The van der Waals surface area contributed by atoms with E-state index in [-0.39, 0.29) is 18.0 Å². The topological polar surface area (TPSA) is 110 Å². The molecule has 2 atom stereocenters. The van der Waals surface area contributed by atoms with E-state index in [2.05, 4.69) is 20.6 Å². The van der Waals surface area contributed by atoms with Gasteiger partial charge < -0.3 is 9.47 Å². The first-order chi connectivity index (χ1) is 16.0. The Morgan fingerprint density at radius 1 is 1.24 bits per heavy atom. The predicted octanol–water partition coefficient (Wildman–Crippen LogP) is 2.97. The Labute approximate surface area is 192 Å². The smallest absolute Gasteiger partial charge is 0.308 e. The van der Waals surface area contributed by atoms with Crippen LogP contribution in [0, 0.1) is 12.8 Å². The molecule has 1 aliphatic carbocycles. The van der Waals surface area contributed by atoms with Crippen LogP contribution in [0.1, 0.15) is 49.7 Å². The second-order valence-corrected chi connectivity index (χ2v) is 8.26. The van der Waals surface area contributed by atoms with Crippen molar-refractivity contribution in [3.05, 3.63) is 41.5 Å². The molecule has 0 spiro atoms. The van der Waals surface area contributed by atoms with Crippen molar-refractivity contribution in [2.45, 2.75) is 52.2 Å². The van der Waals surface area contributed by atoms with E-state index in [9.17, 15) is 4.79 Å². The normalized spacial score (nSPS) is 18.5. The molecule has 10 nitrogen and oxygen atoms in total. The van der Waals surface area contributed by atoms with Crippen molar-refractivity contribution >= 4 is 12.0 Å².